The van der Waals surface area contributed by atoms with Crippen molar-refractivity contribution in [1.29, 1.82) is 0 Å². The van der Waals surface area contributed by atoms with Crippen molar-refractivity contribution in [1.82, 2.24) is 14.8 Å². The Balaban J connectivity index is 1.55. The number of thiophene rings is 1. The lowest BCUT2D eigenvalue weighted by Crippen LogP contribution is -2.44. The van der Waals surface area contributed by atoms with Crippen LogP contribution in [0.15, 0.2) is 72.1 Å². The van der Waals surface area contributed by atoms with Gasteiger partial charge in [-0.1, -0.05) is 61.5 Å². The Morgan fingerprint density at radius 1 is 1.09 bits per heavy atom. The number of para-hydroxylation sites is 1. The lowest BCUT2D eigenvalue weighted by molar-refractivity contribution is 0.0597. The van der Waals surface area contributed by atoms with E-state index in [2.05, 4.69) is 90.4 Å². The minimum absolute atomic E-state index is 0.0281. The monoisotopic (exact) mass is 471 g/mol. The fraction of sp³-hybridized carbons (Fsp3) is 0.345. The number of hydrogen-bond acceptors (Lipinski definition) is 3. The van der Waals surface area contributed by atoms with E-state index in [0.717, 1.165) is 37.1 Å². The number of hydrogen-bond donors (Lipinski definition) is 1. The van der Waals surface area contributed by atoms with E-state index in [1.807, 2.05) is 17.5 Å². The summed E-state index contributed by atoms with van der Waals surface area (Å²) in [5, 5.41) is 3.28. The fourth-order valence-corrected chi connectivity index (χ4v) is 6.53. The minimum Gasteiger partial charge on any atom is -0.356 e. The molecule has 1 aliphatic heterocycles. The molecule has 0 aliphatic carbocycles. The molecule has 0 saturated carbocycles. The zero-order chi connectivity index (χ0) is 23.7. The predicted octanol–water partition coefficient (Wildman–Crippen LogP) is 6.62. The van der Waals surface area contributed by atoms with E-state index in [0.29, 0.717) is 0 Å². The van der Waals surface area contributed by atoms with Crippen LogP contribution in [0.2, 0.25) is 0 Å². The fourth-order valence-electron chi connectivity index (χ4n) is 5.85. The SMILES string of the molecule is CCC(CCC1c2[nH]c3ccccc3c2CCN1C(=O)c1cccs1)(c1ccccc1)N(C)C. The summed E-state index contributed by atoms with van der Waals surface area (Å²) in [4.78, 5) is 22.6. The molecule has 3 heterocycles. The van der Waals surface area contributed by atoms with Gasteiger partial charge in [0.1, 0.15) is 0 Å². The van der Waals surface area contributed by atoms with Crippen molar-refractivity contribution in [3.63, 3.8) is 0 Å². The van der Waals surface area contributed by atoms with Gasteiger partial charge < -0.3 is 9.88 Å². The molecule has 2 atom stereocenters. The Hall–Kier alpha value is -2.89. The number of amides is 1. The number of rotatable bonds is 7. The Morgan fingerprint density at radius 3 is 2.56 bits per heavy atom. The molecule has 176 valence electrons. The predicted molar refractivity (Wildman–Crippen MR) is 141 cm³/mol. The van der Waals surface area contributed by atoms with Crippen LogP contribution in [-0.4, -0.2) is 41.3 Å². The third kappa shape index (κ3) is 3.87. The highest BCUT2D eigenvalue weighted by molar-refractivity contribution is 7.12. The van der Waals surface area contributed by atoms with Crippen molar-refractivity contribution >= 4 is 28.1 Å². The van der Waals surface area contributed by atoms with E-state index in [9.17, 15) is 4.79 Å². The number of aromatic nitrogens is 1. The van der Waals surface area contributed by atoms with Gasteiger partial charge in [0.2, 0.25) is 0 Å². The second-order valence-corrected chi connectivity index (χ2v) is 10.4. The number of nitrogens with one attached hydrogen (secondary N) is 1. The summed E-state index contributed by atoms with van der Waals surface area (Å²) in [6.07, 6.45) is 3.76. The largest absolute Gasteiger partial charge is 0.356 e. The standard InChI is InChI=1S/C29H33N3OS/c1-4-29(31(2)3,21-11-6-5-7-12-21)18-16-25-27-23(22-13-8-9-14-24(22)30-27)17-19-32(25)28(33)26-15-10-20-34-26/h5-15,20,25,30H,4,16-19H2,1-3H3. The highest BCUT2D eigenvalue weighted by atomic mass is 32.1. The molecule has 2 unspecified atom stereocenters. The second kappa shape index (κ2) is 9.40. The maximum atomic E-state index is 13.6. The van der Waals surface area contributed by atoms with E-state index in [1.54, 1.807) is 0 Å². The van der Waals surface area contributed by atoms with E-state index in [4.69, 9.17) is 0 Å². The highest BCUT2D eigenvalue weighted by Gasteiger charge is 2.38. The summed E-state index contributed by atoms with van der Waals surface area (Å²) >= 11 is 1.53. The van der Waals surface area contributed by atoms with Gasteiger partial charge in [-0.25, -0.2) is 0 Å². The number of benzene rings is 2. The quantitative estimate of drug-likeness (QED) is 0.329. The molecule has 1 amide bonds. The molecule has 1 aliphatic rings. The Bertz CT molecular complexity index is 1260. The number of fused-ring (bicyclic) bond motifs is 3. The maximum Gasteiger partial charge on any atom is 0.264 e. The van der Waals surface area contributed by atoms with E-state index >= 15 is 0 Å². The minimum atomic E-state index is -0.0808. The van der Waals surface area contributed by atoms with Crippen LogP contribution < -0.4 is 0 Å². The summed E-state index contributed by atoms with van der Waals surface area (Å²) < 4.78 is 0. The summed E-state index contributed by atoms with van der Waals surface area (Å²) in [5.74, 6) is 0.149. The summed E-state index contributed by atoms with van der Waals surface area (Å²) in [6, 6.07) is 23.3. The summed E-state index contributed by atoms with van der Waals surface area (Å²) in [6.45, 7) is 3.03. The molecule has 2 aromatic carbocycles. The van der Waals surface area contributed by atoms with Crippen LogP contribution in [0.3, 0.4) is 0 Å². The first-order valence-corrected chi connectivity index (χ1v) is 13.1. The molecule has 2 aromatic heterocycles. The molecule has 5 heteroatoms. The lowest BCUT2D eigenvalue weighted by atomic mass is 9.79. The molecule has 0 saturated heterocycles. The van der Waals surface area contributed by atoms with E-state index in [-0.39, 0.29) is 17.5 Å². The van der Waals surface area contributed by atoms with E-state index < -0.39 is 0 Å². The zero-order valence-corrected chi connectivity index (χ0v) is 21.1. The molecule has 0 radical (unpaired) electrons. The number of nitrogens with zero attached hydrogens (tertiary/aromatic N) is 2. The average Bonchev–Trinajstić information content (AvgIpc) is 3.53. The van der Waals surface area contributed by atoms with Crippen LogP contribution in [0.25, 0.3) is 10.9 Å². The summed E-state index contributed by atoms with van der Waals surface area (Å²) in [5.41, 5.74) is 5.02. The van der Waals surface area contributed by atoms with Crippen LogP contribution in [-0.2, 0) is 12.0 Å². The third-order valence-corrected chi connectivity index (χ3v) is 8.59. The molecule has 0 fully saturated rings. The van der Waals surface area contributed by atoms with Gasteiger partial charge >= 0.3 is 0 Å². The lowest BCUT2D eigenvalue weighted by Gasteiger charge is -2.43. The van der Waals surface area contributed by atoms with Crippen molar-refractivity contribution in [2.75, 3.05) is 20.6 Å². The Morgan fingerprint density at radius 2 is 1.85 bits per heavy atom. The van der Waals surface area contributed by atoms with Crippen LogP contribution in [0, 0.1) is 0 Å². The molecule has 4 aromatic rings. The van der Waals surface area contributed by atoms with Crippen molar-refractivity contribution in [3.05, 3.63) is 93.8 Å². The number of aromatic amines is 1. The van der Waals surface area contributed by atoms with E-state index in [1.165, 1.54) is 39.1 Å². The molecular weight excluding hydrogens is 438 g/mol. The molecule has 34 heavy (non-hydrogen) atoms. The molecule has 0 spiro atoms. The molecule has 4 nitrogen and oxygen atoms in total. The molecule has 0 bridgehead atoms. The van der Waals surface area contributed by atoms with Crippen molar-refractivity contribution < 1.29 is 4.79 Å². The summed E-state index contributed by atoms with van der Waals surface area (Å²) in [7, 11) is 4.36. The van der Waals surface area contributed by atoms with Gasteiger partial charge in [-0.05, 0) is 68.4 Å². The number of H-pyrrole nitrogens is 1. The van der Waals surface area contributed by atoms with Gasteiger partial charge in [0.15, 0.2) is 0 Å². The second-order valence-electron chi connectivity index (χ2n) is 9.49. The molecule has 1 N–H and O–H groups in total. The van der Waals surface area contributed by atoms with Crippen molar-refractivity contribution in [2.45, 2.75) is 44.2 Å². The van der Waals surface area contributed by atoms with Gasteiger partial charge in [-0.2, -0.15) is 0 Å². The zero-order valence-electron chi connectivity index (χ0n) is 20.3. The topological polar surface area (TPSA) is 39.3 Å². The molecule has 5 rings (SSSR count). The first kappa shape index (κ1) is 22.9. The maximum absolute atomic E-state index is 13.6. The van der Waals surface area contributed by atoms with Crippen LogP contribution in [0.4, 0.5) is 0 Å². The van der Waals surface area contributed by atoms with Gasteiger partial charge in [-0.3, -0.25) is 9.69 Å². The first-order valence-electron chi connectivity index (χ1n) is 12.2. The van der Waals surface area contributed by atoms with Gasteiger partial charge in [0, 0.05) is 28.7 Å². The average molecular weight is 472 g/mol. The third-order valence-electron chi connectivity index (χ3n) is 7.74. The Labute approximate surface area is 206 Å². The van der Waals surface area contributed by atoms with Crippen molar-refractivity contribution in [2.24, 2.45) is 0 Å². The Kier molecular flexibility index (Phi) is 6.32. The smallest absolute Gasteiger partial charge is 0.264 e. The normalized spacial score (nSPS) is 17.6. The molecular formula is C29H33N3OS. The van der Waals surface area contributed by atoms with Crippen molar-refractivity contribution in [3.8, 4) is 0 Å². The van der Waals surface area contributed by atoms with Gasteiger partial charge in [0.05, 0.1) is 10.9 Å². The number of carbonyl (C=O) groups is 1. The highest BCUT2D eigenvalue weighted by Crippen LogP contribution is 2.42. The van der Waals surface area contributed by atoms with Crippen LogP contribution in [0.1, 0.15) is 58.7 Å². The van der Waals surface area contributed by atoms with Gasteiger partial charge in [-0.15, -0.1) is 11.3 Å². The van der Waals surface area contributed by atoms with Crippen LogP contribution in [0.5, 0.6) is 0 Å². The number of carbonyl (C=O) groups excluding carboxylic acids is 1. The van der Waals surface area contributed by atoms with Crippen LogP contribution >= 0.6 is 11.3 Å². The van der Waals surface area contributed by atoms with Gasteiger partial charge in [0.25, 0.3) is 5.91 Å². The first-order chi connectivity index (χ1) is 16.5.